The highest BCUT2D eigenvalue weighted by atomic mass is 32.2. The third kappa shape index (κ3) is 4.78. The molecule has 0 radical (unpaired) electrons. The number of nitrogens with zero attached hydrogens (tertiary/aromatic N) is 2. The molecule has 1 rings (SSSR count). The SMILES string of the molecule is CN(CC(=O)O)C(=O)c1cccnc1SC(F)(F)F. The monoisotopic (exact) mass is 294 g/mol. The lowest BCUT2D eigenvalue weighted by Crippen LogP contribution is -2.32. The van der Waals surface area contributed by atoms with Crippen LogP contribution < -0.4 is 0 Å². The number of alkyl halides is 3. The summed E-state index contributed by atoms with van der Waals surface area (Å²) in [5.74, 6) is -2.09. The molecule has 0 unspecified atom stereocenters. The second kappa shape index (κ2) is 5.91. The molecule has 1 N–H and O–H groups in total. The summed E-state index contributed by atoms with van der Waals surface area (Å²) >= 11 is -0.514. The molecule has 1 amide bonds. The smallest absolute Gasteiger partial charge is 0.447 e. The minimum absolute atomic E-state index is 0.284. The van der Waals surface area contributed by atoms with Crippen LogP contribution in [0, 0.1) is 0 Å². The van der Waals surface area contributed by atoms with Crippen molar-refractivity contribution in [3.05, 3.63) is 23.9 Å². The molecule has 0 fully saturated rings. The minimum Gasteiger partial charge on any atom is -0.480 e. The van der Waals surface area contributed by atoms with E-state index in [9.17, 15) is 22.8 Å². The Morgan fingerprint density at radius 2 is 2.11 bits per heavy atom. The summed E-state index contributed by atoms with van der Waals surface area (Å²) in [6.45, 7) is -0.607. The highest BCUT2D eigenvalue weighted by Crippen LogP contribution is 2.37. The molecule has 0 aromatic carbocycles. The number of likely N-dealkylation sites (N-methyl/N-ethyl adjacent to an activating group) is 1. The standard InChI is InChI=1S/C10H9F3N2O3S/c1-15(5-7(16)17)9(18)6-3-2-4-14-8(6)19-10(11,12)13/h2-4H,5H2,1H3,(H,16,17). The molecule has 5 nitrogen and oxygen atoms in total. The largest absolute Gasteiger partial charge is 0.480 e. The first-order valence-electron chi connectivity index (χ1n) is 4.88. The van der Waals surface area contributed by atoms with Gasteiger partial charge in [-0.05, 0) is 12.1 Å². The number of carbonyl (C=O) groups excluding carboxylic acids is 1. The zero-order chi connectivity index (χ0) is 14.6. The first-order chi connectivity index (χ1) is 8.70. The van der Waals surface area contributed by atoms with Crippen LogP contribution in [0.15, 0.2) is 23.4 Å². The predicted octanol–water partition coefficient (Wildman–Crippen LogP) is 1.85. The van der Waals surface area contributed by atoms with E-state index in [1.54, 1.807) is 0 Å². The van der Waals surface area contributed by atoms with Crippen LogP contribution in [-0.4, -0.2) is 46.0 Å². The number of thioether (sulfide) groups is 1. The quantitative estimate of drug-likeness (QED) is 0.858. The van der Waals surface area contributed by atoms with E-state index < -0.39 is 40.7 Å². The van der Waals surface area contributed by atoms with Crippen LogP contribution in [0.3, 0.4) is 0 Å². The maximum absolute atomic E-state index is 12.3. The van der Waals surface area contributed by atoms with Gasteiger partial charge in [0.05, 0.1) is 5.56 Å². The van der Waals surface area contributed by atoms with Crippen molar-refractivity contribution in [3.63, 3.8) is 0 Å². The lowest BCUT2D eigenvalue weighted by molar-refractivity contribution is -0.137. The van der Waals surface area contributed by atoms with Gasteiger partial charge in [-0.25, -0.2) is 4.98 Å². The zero-order valence-electron chi connectivity index (χ0n) is 9.64. The van der Waals surface area contributed by atoms with E-state index >= 15 is 0 Å². The van der Waals surface area contributed by atoms with Crippen LogP contribution in [0.25, 0.3) is 0 Å². The van der Waals surface area contributed by atoms with E-state index in [2.05, 4.69) is 4.98 Å². The Hall–Kier alpha value is -1.77. The molecular formula is C10H9F3N2O3S. The topological polar surface area (TPSA) is 70.5 Å². The van der Waals surface area contributed by atoms with Gasteiger partial charge in [0.1, 0.15) is 11.6 Å². The van der Waals surface area contributed by atoms with E-state index in [0.29, 0.717) is 0 Å². The van der Waals surface area contributed by atoms with Gasteiger partial charge in [0, 0.05) is 25.0 Å². The molecule has 0 aliphatic heterocycles. The van der Waals surface area contributed by atoms with Crippen molar-refractivity contribution in [3.8, 4) is 0 Å². The number of amides is 1. The van der Waals surface area contributed by atoms with Gasteiger partial charge in [0.25, 0.3) is 5.91 Å². The molecule has 1 aromatic rings. The summed E-state index contributed by atoms with van der Waals surface area (Å²) in [5, 5.41) is 8.04. The molecule has 9 heteroatoms. The van der Waals surface area contributed by atoms with Gasteiger partial charge in [0.2, 0.25) is 0 Å². The minimum atomic E-state index is -4.57. The van der Waals surface area contributed by atoms with E-state index in [-0.39, 0.29) is 5.56 Å². The fraction of sp³-hybridized carbons (Fsp3) is 0.300. The summed E-state index contributed by atoms with van der Waals surface area (Å²) in [7, 11) is 1.19. The summed E-state index contributed by atoms with van der Waals surface area (Å²) in [4.78, 5) is 26.6. The second-order valence-electron chi connectivity index (χ2n) is 3.46. The molecule has 1 aromatic heterocycles. The number of pyridine rings is 1. The van der Waals surface area contributed by atoms with Gasteiger partial charge >= 0.3 is 11.5 Å². The molecule has 1 heterocycles. The Bertz CT molecular complexity index is 493. The lowest BCUT2D eigenvalue weighted by Gasteiger charge is -2.16. The Morgan fingerprint density at radius 3 is 2.63 bits per heavy atom. The van der Waals surface area contributed by atoms with Gasteiger partial charge in [-0.15, -0.1) is 0 Å². The fourth-order valence-corrected chi connectivity index (χ4v) is 1.82. The number of halogens is 3. The van der Waals surface area contributed by atoms with Crippen molar-refractivity contribution in [1.82, 2.24) is 9.88 Å². The highest BCUT2D eigenvalue weighted by molar-refractivity contribution is 8.00. The van der Waals surface area contributed by atoms with Gasteiger partial charge in [0.15, 0.2) is 0 Å². The van der Waals surface area contributed by atoms with Gasteiger partial charge in [-0.2, -0.15) is 13.2 Å². The van der Waals surface area contributed by atoms with E-state index in [4.69, 9.17) is 5.11 Å². The number of carbonyl (C=O) groups is 2. The molecule has 0 saturated carbocycles. The molecule has 104 valence electrons. The number of aliphatic carboxylic acids is 1. The summed E-state index contributed by atoms with van der Waals surface area (Å²) < 4.78 is 36.9. The average molecular weight is 294 g/mol. The molecule has 0 aliphatic carbocycles. The van der Waals surface area contributed by atoms with Crippen molar-refractivity contribution in [2.75, 3.05) is 13.6 Å². The second-order valence-corrected chi connectivity index (χ2v) is 4.51. The Labute approximate surface area is 110 Å². The zero-order valence-corrected chi connectivity index (χ0v) is 10.5. The molecule has 0 saturated heterocycles. The van der Waals surface area contributed by atoms with Crippen LogP contribution in [0.1, 0.15) is 10.4 Å². The van der Waals surface area contributed by atoms with Gasteiger partial charge in [-0.3, -0.25) is 9.59 Å². The summed E-state index contributed by atoms with van der Waals surface area (Å²) in [6.07, 6.45) is 1.13. The third-order valence-electron chi connectivity index (χ3n) is 1.93. The number of rotatable bonds is 4. The van der Waals surface area contributed by atoms with Crippen molar-refractivity contribution in [1.29, 1.82) is 0 Å². The average Bonchev–Trinajstić information content (AvgIpc) is 2.25. The van der Waals surface area contributed by atoms with E-state index in [1.165, 1.54) is 19.2 Å². The molecule has 19 heavy (non-hydrogen) atoms. The molecule has 0 spiro atoms. The maximum atomic E-state index is 12.3. The number of hydrogen-bond acceptors (Lipinski definition) is 4. The molecule has 0 bridgehead atoms. The van der Waals surface area contributed by atoms with Crippen molar-refractivity contribution < 1.29 is 27.9 Å². The van der Waals surface area contributed by atoms with Crippen molar-refractivity contribution >= 4 is 23.6 Å². The molecule has 0 aliphatic rings. The Kier molecular flexibility index (Phi) is 4.76. The first-order valence-corrected chi connectivity index (χ1v) is 5.70. The van der Waals surface area contributed by atoms with Crippen molar-refractivity contribution in [2.24, 2.45) is 0 Å². The molecular weight excluding hydrogens is 285 g/mol. The number of carboxylic acid groups (broad SMARTS) is 1. The maximum Gasteiger partial charge on any atom is 0.447 e. The van der Waals surface area contributed by atoms with Crippen LogP contribution in [0.2, 0.25) is 0 Å². The lowest BCUT2D eigenvalue weighted by atomic mass is 10.2. The van der Waals surface area contributed by atoms with Gasteiger partial charge < -0.3 is 10.0 Å². The Balaban J connectivity index is 3.00. The normalized spacial score (nSPS) is 11.2. The number of hydrogen-bond donors (Lipinski definition) is 1. The predicted molar refractivity (Wildman–Crippen MR) is 60.7 cm³/mol. The van der Waals surface area contributed by atoms with Gasteiger partial charge in [-0.1, -0.05) is 0 Å². The van der Waals surface area contributed by atoms with E-state index in [1.807, 2.05) is 0 Å². The summed E-state index contributed by atoms with van der Waals surface area (Å²) in [5.41, 5.74) is -4.86. The molecule has 0 atom stereocenters. The first kappa shape index (κ1) is 15.3. The van der Waals surface area contributed by atoms with Crippen LogP contribution in [-0.2, 0) is 4.79 Å². The van der Waals surface area contributed by atoms with Crippen LogP contribution >= 0.6 is 11.8 Å². The fourth-order valence-electron chi connectivity index (χ4n) is 1.22. The Morgan fingerprint density at radius 1 is 1.47 bits per heavy atom. The number of carboxylic acids is 1. The third-order valence-corrected chi connectivity index (χ3v) is 2.68. The van der Waals surface area contributed by atoms with E-state index in [0.717, 1.165) is 11.1 Å². The summed E-state index contributed by atoms with van der Waals surface area (Å²) in [6, 6.07) is 2.48. The van der Waals surface area contributed by atoms with Crippen LogP contribution in [0.4, 0.5) is 13.2 Å². The van der Waals surface area contributed by atoms with Crippen molar-refractivity contribution in [2.45, 2.75) is 10.5 Å². The highest BCUT2D eigenvalue weighted by Gasteiger charge is 2.32. The number of aromatic nitrogens is 1. The van der Waals surface area contributed by atoms with Crippen LogP contribution in [0.5, 0.6) is 0 Å².